The van der Waals surface area contributed by atoms with E-state index in [0.717, 1.165) is 41.1 Å². The maximum Gasteiger partial charge on any atom is 0.183 e. The van der Waals surface area contributed by atoms with Gasteiger partial charge in [0, 0.05) is 42.9 Å². The van der Waals surface area contributed by atoms with Crippen molar-refractivity contribution in [1.29, 1.82) is 0 Å². The highest BCUT2D eigenvalue weighted by molar-refractivity contribution is 6.30. The topological polar surface area (TPSA) is 20.3 Å². The molecule has 3 heteroatoms. The molecule has 0 N–H and O–H groups in total. The number of carbonyl (C=O) groups excluding carboxylic acids is 1. The summed E-state index contributed by atoms with van der Waals surface area (Å²) in [6.07, 6.45) is 14.2. The van der Waals surface area contributed by atoms with Crippen molar-refractivity contribution < 1.29 is 4.79 Å². The number of fused-ring (bicyclic) bond motifs is 1. The lowest BCUT2D eigenvalue weighted by Crippen LogP contribution is -2.11. The van der Waals surface area contributed by atoms with Gasteiger partial charge < -0.3 is 4.90 Å². The van der Waals surface area contributed by atoms with Crippen molar-refractivity contribution >= 4 is 17.4 Å². The van der Waals surface area contributed by atoms with Gasteiger partial charge in [0.25, 0.3) is 0 Å². The molecule has 2 aliphatic rings. The first-order valence-electron chi connectivity index (χ1n) is 6.94. The van der Waals surface area contributed by atoms with Crippen molar-refractivity contribution in [2.75, 3.05) is 13.6 Å². The fourth-order valence-corrected chi connectivity index (χ4v) is 2.64. The van der Waals surface area contributed by atoms with Crippen LogP contribution in [-0.4, -0.2) is 24.3 Å². The van der Waals surface area contributed by atoms with Crippen LogP contribution >= 0.6 is 11.6 Å². The van der Waals surface area contributed by atoms with E-state index < -0.39 is 0 Å². The number of rotatable bonds is 5. The molecule has 2 rings (SSSR count). The molecule has 0 aromatic carbocycles. The summed E-state index contributed by atoms with van der Waals surface area (Å²) in [6, 6.07) is 0. The van der Waals surface area contributed by atoms with Gasteiger partial charge in [0.05, 0.1) is 0 Å². The van der Waals surface area contributed by atoms with E-state index in [9.17, 15) is 4.79 Å². The van der Waals surface area contributed by atoms with Gasteiger partial charge in [0.1, 0.15) is 0 Å². The lowest BCUT2D eigenvalue weighted by molar-refractivity contribution is -0.111. The number of halogens is 1. The summed E-state index contributed by atoms with van der Waals surface area (Å²) >= 11 is 6.23. The smallest absolute Gasteiger partial charge is 0.183 e. The van der Waals surface area contributed by atoms with Crippen molar-refractivity contribution in [2.45, 2.75) is 26.2 Å². The molecule has 0 heterocycles. The van der Waals surface area contributed by atoms with Gasteiger partial charge in [-0.1, -0.05) is 29.8 Å². The third-order valence-corrected chi connectivity index (χ3v) is 3.94. The summed E-state index contributed by atoms with van der Waals surface area (Å²) in [6.45, 7) is 2.79. The number of ketones is 1. The molecule has 20 heavy (non-hydrogen) atoms. The normalized spacial score (nSPS) is 18.6. The highest BCUT2D eigenvalue weighted by atomic mass is 35.5. The molecule has 2 aliphatic carbocycles. The van der Waals surface area contributed by atoms with Crippen LogP contribution in [0.2, 0.25) is 0 Å². The van der Waals surface area contributed by atoms with Crippen molar-refractivity contribution in [3.8, 4) is 0 Å². The summed E-state index contributed by atoms with van der Waals surface area (Å²) in [7, 11) is 1.95. The quantitative estimate of drug-likeness (QED) is 0.560. The van der Waals surface area contributed by atoms with Crippen molar-refractivity contribution in [1.82, 2.24) is 4.90 Å². The summed E-state index contributed by atoms with van der Waals surface area (Å²) in [5.74, 6) is 0.0737. The van der Waals surface area contributed by atoms with Crippen LogP contribution in [0.5, 0.6) is 0 Å². The first-order valence-corrected chi connectivity index (χ1v) is 7.32. The monoisotopic (exact) mass is 289 g/mol. The molecular weight excluding hydrogens is 270 g/mol. The minimum atomic E-state index is 0.0737. The molecule has 2 nitrogen and oxygen atoms in total. The molecule has 0 bridgehead atoms. The zero-order chi connectivity index (χ0) is 14.5. The molecule has 0 spiro atoms. The van der Waals surface area contributed by atoms with Crippen molar-refractivity contribution in [3.05, 3.63) is 58.3 Å². The van der Waals surface area contributed by atoms with E-state index in [4.69, 9.17) is 11.6 Å². The maximum absolute atomic E-state index is 12.2. The lowest BCUT2D eigenvalue weighted by atomic mass is 9.99. The van der Waals surface area contributed by atoms with E-state index in [1.165, 1.54) is 0 Å². The summed E-state index contributed by atoms with van der Waals surface area (Å²) in [5.41, 5.74) is 3.11. The number of allylic oxidation sites excluding steroid dienone is 8. The predicted molar refractivity (Wildman–Crippen MR) is 84.5 cm³/mol. The molecule has 0 aliphatic heterocycles. The Kier molecular flexibility index (Phi) is 5.02. The van der Waals surface area contributed by atoms with Gasteiger partial charge >= 0.3 is 0 Å². The molecule has 0 fully saturated rings. The van der Waals surface area contributed by atoms with Gasteiger partial charge in [0.15, 0.2) is 5.78 Å². The third kappa shape index (κ3) is 3.51. The van der Waals surface area contributed by atoms with E-state index in [-0.39, 0.29) is 5.78 Å². The van der Waals surface area contributed by atoms with Crippen LogP contribution in [-0.2, 0) is 4.79 Å². The maximum atomic E-state index is 12.2. The summed E-state index contributed by atoms with van der Waals surface area (Å²) < 4.78 is 0. The van der Waals surface area contributed by atoms with E-state index in [0.29, 0.717) is 6.42 Å². The van der Waals surface area contributed by atoms with Gasteiger partial charge in [-0.15, -0.1) is 0 Å². The van der Waals surface area contributed by atoms with Crippen LogP contribution < -0.4 is 0 Å². The van der Waals surface area contributed by atoms with E-state index >= 15 is 0 Å². The standard InChI is InChI=1S/C17H20ClNO/c1-3-4-9-19(2)10-8-17(20)14-11-13-6-5-7-16(18)15(13)12-14/h3-4,6,8,10-11H,5,7,9,12H2,1-2H3/b4-3+,10-8-. The summed E-state index contributed by atoms with van der Waals surface area (Å²) in [5, 5.41) is 0.913. The molecule has 106 valence electrons. The Morgan fingerprint density at radius 1 is 1.50 bits per heavy atom. The Balaban J connectivity index is 2.01. The van der Waals surface area contributed by atoms with Crippen LogP contribution in [0.4, 0.5) is 0 Å². The molecule has 0 unspecified atom stereocenters. The van der Waals surface area contributed by atoms with Crippen LogP contribution in [0, 0.1) is 0 Å². The number of carbonyl (C=O) groups is 1. The highest BCUT2D eigenvalue weighted by Crippen LogP contribution is 2.38. The molecular formula is C17H20ClNO. The largest absolute Gasteiger partial charge is 0.377 e. The van der Waals surface area contributed by atoms with E-state index in [1.54, 1.807) is 6.08 Å². The SMILES string of the molecule is C/C=C/CN(C)/C=C\C(=O)C1=CC2=CCCC(Cl)=C2C1. The minimum absolute atomic E-state index is 0.0737. The predicted octanol–water partition coefficient (Wildman–Crippen LogP) is 4.12. The Hall–Kier alpha value is -1.54. The Morgan fingerprint density at radius 2 is 2.30 bits per heavy atom. The second-order valence-electron chi connectivity index (χ2n) is 5.12. The average Bonchev–Trinajstić information content (AvgIpc) is 2.88. The zero-order valence-electron chi connectivity index (χ0n) is 12.0. The molecule has 0 amide bonds. The minimum Gasteiger partial charge on any atom is -0.377 e. The zero-order valence-corrected chi connectivity index (χ0v) is 12.8. The molecule has 0 saturated heterocycles. The molecule has 0 aromatic rings. The van der Waals surface area contributed by atoms with Crippen LogP contribution in [0.1, 0.15) is 26.2 Å². The fraction of sp³-hybridized carbons (Fsp3) is 0.353. The number of likely N-dealkylation sites (N-methyl/N-ethyl adjacent to an activating group) is 1. The van der Waals surface area contributed by atoms with Crippen LogP contribution in [0.3, 0.4) is 0 Å². The van der Waals surface area contributed by atoms with E-state index in [2.05, 4.69) is 6.08 Å². The first kappa shape index (κ1) is 14.9. The lowest BCUT2D eigenvalue weighted by Gasteiger charge is -2.11. The average molecular weight is 290 g/mol. The molecule has 0 atom stereocenters. The number of hydrogen-bond donors (Lipinski definition) is 0. The van der Waals surface area contributed by atoms with Crippen LogP contribution in [0.25, 0.3) is 0 Å². The van der Waals surface area contributed by atoms with Crippen LogP contribution in [0.15, 0.2) is 58.3 Å². The van der Waals surface area contributed by atoms with Gasteiger partial charge in [-0.2, -0.15) is 0 Å². The summed E-state index contributed by atoms with van der Waals surface area (Å²) in [4.78, 5) is 14.2. The first-order chi connectivity index (χ1) is 9.61. The Morgan fingerprint density at radius 3 is 3.00 bits per heavy atom. The van der Waals surface area contributed by atoms with Gasteiger partial charge in [-0.3, -0.25) is 4.79 Å². The van der Waals surface area contributed by atoms with Gasteiger partial charge in [0.2, 0.25) is 0 Å². The molecule has 0 saturated carbocycles. The highest BCUT2D eigenvalue weighted by Gasteiger charge is 2.23. The van der Waals surface area contributed by atoms with Crippen molar-refractivity contribution in [2.24, 2.45) is 0 Å². The number of nitrogens with zero attached hydrogens (tertiary/aromatic N) is 1. The van der Waals surface area contributed by atoms with E-state index in [1.807, 2.05) is 43.3 Å². The number of hydrogen-bond acceptors (Lipinski definition) is 2. The second kappa shape index (κ2) is 6.76. The second-order valence-corrected chi connectivity index (χ2v) is 5.57. The Labute approximate surface area is 125 Å². The van der Waals surface area contributed by atoms with Crippen molar-refractivity contribution in [3.63, 3.8) is 0 Å². The molecule has 0 aromatic heterocycles. The van der Waals surface area contributed by atoms with Gasteiger partial charge in [-0.05, 0) is 37.0 Å². The fourth-order valence-electron chi connectivity index (χ4n) is 2.35. The third-order valence-electron chi connectivity index (χ3n) is 3.53. The van der Waals surface area contributed by atoms with Gasteiger partial charge in [-0.25, -0.2) is 0 Å². The molecule has 0 radical (unpaired) electrons. The Bertz CT molecular complexity index is 549.